The molecule has 0 spiro atoms. The van der Waals surface area contributed by atoms with Crippen molar-refractivity contribution in [3.63, 3.8) is 0 Å². The highest BCUT2D eigenvalue weighted by atomic mass is 19.4. The molecule has 0 aliphatic carbocycles. The quantitative estimate of drug-likeness (QED) is 0.853. The predicted octanol–water partition coefficient (Wildman–Crippen LogP) is 3.33. The first-order valence-electron chi connectivity index (χ1n) is 8.30. The van der Waals surface area contributed by atoms with Crippen LogP contribution in [0.2, 0.25) is 0 Å². The summed E-state index contributed by atoms with van der Waals surface area (Å²) < 4.78 is 39.9. The van der Waals surface area contributed by atoms with Gasteiger partial charge in [-0.15, -0.1) is 0 Å². The van der Waals surface area contributed by atoms with Gasteiger partial charge in [-0.05, 0) is 19.3 Å². The SMILES string of the molecule is O=C1CCC2CCC(c3nc(-c4ccccc4)nn3CC(F)(F)F)N12. The average molecular weight is 350 g/mol. The summed E-state index contributed by atoms with van der Waals surface area (Å²) in [5, 5.41) is 4.10. The Bertz CT molecular complexity index is 787. The van der Waals surface area contributed by atoms with Crippen LogP contribution in [0.1, 0.15) is 37.5 Å². The number of carbonyl (C=O) groups excluding carboxylic acids is 1. The van der Waals surface area contributed by atoms with Crippen LogP contribution < -0.4 is 0 Å². The fourth-order valence-corrected chi connectivity index (χ4v) is 3.81. The van der Waals surface area contributed by atoms with Gasteiger partial charge in [0.05, 0.1) is 6.04 Å². The molecule has 1 amide bonds. The summed E-state index contributed by atoms with van der Waals surface area (Å²) in [6.45, 7) is -1.20. The van der Waals surface area contributed by atoms with Gasteiger partial charge in [-0.3, -0.25) is 4.79 Å². The molecule has 5 nitrogen and oxygen atoms in total. The van der Waals surface area contributed by atoms with Crippen LogP contribution in [-0.2, 0) is 11.3 Å². The molecule has 8 heteroatoms. The zero-order valence-electron chi connectivity index (χ0n) is 13.4. The molecule has 2 aliphatic heterocycles. The van der Waals surface area contributed by atoms with Crippen molar-refractivity contribution in [1.82, 2.24) is 19.7 Å². The Morgan fingerprint density at radius 2 is 1.88 bits per heavy atom. The molecule has 2 aromatic rings. The summed E-state index contributed by atoms with van der Waals surface area (Å²) in [6, 6.07) is 8.61. The second-order valence-corrected chi connectivity index (χ2v) is 6.52. The van der Waals surface area contributed by atoms with E-state index in [9.17, 15) is 18.0 Å². The molecule has 3 heterocycles. The monoisotopic (exact) mass is 350 g/mol. The molecule has 0 bridgehead atoms. The zero-order chi connectivity index (χ0) is 17.6. The van der Waals surface area contributed by atoms with Crippen LogP contribution >= 0.6 is 0 Å². The normalized spacial score (nSPS) is 23.3. The minimum atomic E-state index is -4.40. The minimum absolute atomic E-state index is 0.00433. The van der Waals surface area contributed by atoms with Gasteiger partial charge in [0.15, 0.2) is 11.6 Å². The Morgan fingerprint density at radius 3 is 2.60 bits per heavy atom. The van der Waals surface area contributed by atoms with Gasteiger partial charge in [-0.1, -0.05) is 30.3 Å². The lowest BCUT2D eigenvalue weighted by molar-refractivity contribution is -0.143. The molecule has 2 atom stereocenters. The van der Waals surface area contributed by atoms with E-state index in [0.29, 0.717) is 18.4 Å². The number of rotatable bonds is 3. The Morgan fingerprint density at radius 1 is 1.12 bits per heavy atom. The molecule has 2 unspecified atom stereocenters. The number of nitrogens with zero attached hydrogens (tertiary/aromatic N) is 4. The standard InChI is InChI=1S/C17H17F3N4O/c18-17(19,20)10-23-16(13-8-6-12-7-9-14(25)24(12)13)21-15(22-23)11-4-2-1-3-5-11/h1-5,12-13H,6-10H2. The van der Waals surface area contributed by atoms with Crippen LogP contribution in [-0.4, -0.2) is 37.8 Å². The van der Waals surface area contributed by atoms with Gasteiger partial charge >= 0.3 is 6.18 Å². The number of alkyl halides is 3. The van der Waals surface area contributed by atoms with Crippen LogP contribution in [0, 0.1) is 0 Å². The number of hydrogen-bond acceptors (Lipinski definition) is 3. The summed E-state index contributed by atoms with van der Waals surface area (Å²) in [4.78, 5) is 18.3. The second-order valence-electron chi connectivity index (χ2n) is 6.52. The van der Waals surface area contributed by atoms with Crippen LogP contribution in [0.15, 0.2) is 30.3 Å². The Hall–Kier alpha value is -2.38. The summed E-state index contributed by atoms with van der Waals surface area (Å²) in [6.07, 6.45) is -1.74. The van der Waals surface area contributed by atoms with Crippen LogP contribution in [0.3, 0.4) is 0 Å². The molecule has 0 radical (unpaired) electrons. The van der Waals surface area contributed by atoms with Crippen LogP contribution in [0.25, 0.3) is 11.4 Å². The highest BCUT2D eigenvalue weighted by Crippen LogP contribution is 2.42. The minimum Gasteiger partial charge on any atom is -0.329 e. The molecule has 0 N–H and O–H groups in total. The van der Waals surface area contributed by atoms with Crippen molar-refractivity contribution in [1.29, 1.82) is 0 Å². The average Bonchev–Trinajstić information content (AvgIpc) is 3.24. The van der Waals surface area contributed by atoms with E-state index in [1.54, 1.807) is 29.2 Å². The van der Waals surface area contributed by atoms with E-state index in [1.807, 2.05) is 6.07 Å². The smallest absolute Gasteiger partial charge is 0.329 e. The second kappa shape index (κ2) is 5.86. The number of aromatic nitrogens is 3. The third-order valence-corrected chi connectivity index (χ3v) is 4.84. The molecular formula is C17H17F3N4O. The first kappa shape index (κ1) is 16.1. The topological polar surface area (TPSA) is 51.0 Å². The Kier molecular flexibility index (Phi) is 3.77. The summed E-state index contributed by atoms with van der Waals surface area (Å²) in [7, 11) is 0. The Labute approximate surface area is 142 Å². The first-order valence-corrected chi connectivity index (χ1v) is 8.30. The van der Waals surface area contributed by atoms with Gasteiger partial charge in [0, 0.05) is 18.0 Å². The van der Waals surface area contributed by atoms with E-state index >= 15 is 0 Å². The fraction of sp³-hybridized carbons (Fsp3) is 0.471. The van der Waals surface area contributed by atoms with Crippen molar-refractivity contribution in [2.24, 2.45) is 0 Å². The molecule has 4 rings (SSSR count). The van der Waals surface area contributed by atoms with Crippen LogP contribution in [0.5, 0.6) is 0 Å². The highest BCUT2D eigenvalue weighted by Gasteiger charge is 2.44. The van der Waals surface area contributed by atoms with Crippen molar-refractivity contribution in [3.8, 4) is 11.4 Å². The number of carbonyl (C=O) groups is 1. The molecule has 2 saturated heterocycles. The van der Waals surface area contributed by atoms with Gasteiger partial charge in [-0.2, -0.15) is 18.3 Å². The lowest BCUT2D eigenvalue weighted by Gasteiger charge is -2.24. The summed E-state index contributed by atoms with van der Waals surface area (Å²) in [5.41, 5.74) is 0.659. The molecule has 2 fully saturated rings. The maximum atomic E-state index is 13.0. The number of benzene rings is 1. The van der Waals surface area contributed by atoms with E-state index in [-0.39, 0.29) is 23.6 Å². The zero-order valence-corrected chi connectivity index (χ0v) is 13.4. The van der Waals surface area contributed by atoms with Gasteiger partial charge < -0.3 is 4.90 Å². The third-order valence-electron chi connectivity index (χ3n) is 4.84. The largest absolute Gasteiger partial charge is 0.408 e. The Balaban J connectivity index is 1.75. The molecule has 2 aliphatic rings. The molecule has 132 valence electrons. The highest BCUT2D eigenvalue weighted by molar-refractivity contribution is 5.79. The maximum Gasteiger partial charge on any atom is 0.408 e. The van der Waals surface area contributed by atoms with Gasteiger partial charge in [0.2, 0.25) is 5.91 Å². The van der Waals surface area contributed by atoms with E-state index in [1.165, 1.54) is 0 Å². The van der Waals surface area contributed by atoms with Crippen molar-refractivity contribution in [3.05, 3.63) is 36.2 Å². The lowest BCUT2D eigenvalue weighted by atomic mass is 10.1. The first-order chi connectivity index (χ1) is 11.9. The van der Waals surface area contributed by atoms with Crippen LogP contribution in [0.4, 0.5) is 13.2 Å². The maximum absolute atomic E-state index is 13.0. The van der Waals surface area contributed by atoms with Crippen molar-refractivity contribution in [2.45, 2.75) is 50.5 Å². The summed E-state index contributed by atoms with van der Waals surface area (Å²) in [5.74, 6) is 0.485. The van der Waals surface area contributed by atoms with E-state index in [0.717, 1.165) is 17.5 Å². The molecular weight excluding hydrogens is 333 g/mol. The summed E-state index contributed by atoms with van der Waals surface area (Å²) >= 11 is 0. The van der Waals surface area contributed by atoms with Gasteiger partial charge in [0.25, 0.3) is 0 Å². The van der Waals surface area contributed by atoms with Gasteiger partial charge in [0.1, 0.15) is 6.54 Å². The van der Waals surface area contributed by atoms with Gasteiger partial charge in [-0.25, -0.2) is 9.67 Å². The van der Waals surface area contributed by atoms with Crippen molar-refractivity contribution < 1.29 is 18.0 Å². The lowest BCUT2D eigenvalue weighted by Crippen LogP contribution is -2.32. The molecule has 25 heavy (non-hydrogen) atoms. The van der Waals surface area contributed by atoms with Crippen molar-refractivity contribution >= 4 is 5.91 Å². The molecule has 1 aromatic heterocycles. The number of fused-ring (bicyclic) bond motifs is 1. The predicted molar refractivity (Wildman–Crippen MR) is 83.4 cm³/mol. The van der Waals surface area contributed by atoms with E-state index in [4.69, 9.17) is 0 Å². The molecule has 1 aromatic carbocycles. The number of amides is 1. The third kappa shape index (κ3) is 3.01. The molecule has 0 saturated carbocycles. The number of halogens is 3. The fourth-order valence-electron chi connectivity index (χ4n) is 3.81. The van der Waals surface area contributed by atoms with Crippen molar-refractivity contribution in [2.75, 3.05) is 0 Å². The number of hydrogen-bond donors (Lipinski definition) is 0. The van der Waals surface area contributed by atoms with E-state index in [2.05, 4.69) is 10.1 Å². The van der Waals surface area contributed by atoms with E-state index < -0.39 is 18.8 Å².